The number of rotatable bonds is 8. The van der Waals surface area contributed by atoms with E-state index in [4.69, 9.17) is 14.6 Å². The summed E-state index contributed by atoms with van der Waals surface area (Å²) in [6.45, 7) is 2.62. The van der Waals surface area contributed by atoms with Crippen LogP contribution >= 0.6 is 0 Å². The van der Waals surface area contributed by atoms with Crippen LogP contribution in [0.5, 0.6) is 11.5 Å². The quantitative estimate of drug-likeness (QED) is 0.660. The van der Waals surface area contributed by atoms with Gasteiger partial charge < -0.3 is 19.9 Å². The molecule has 0 spiro atoms. The van der Waals surface area contributed by atoms with Gasteiger partial charge in [0.1, 0.15) is 24.2 Å². The molecule has 0 radical (unpaired) electrons. The number of aliphatic carboxylic acids is 1. The molecule has 2 atom stereocenters. The average molecular weight is 405 g/mol. The summed E-state index contributed by atoms with van der Waals surface area (Å²) in [5.41, 5.74) is 4.33. The van der Waals surface area contributed by atoms with Crippen molar-refractivity contribution < 1.29 is 19.4 Å². The summed E-state index contributed by atoms with van der Waals surface area (Å²) in [4.78, 5) is 10.9. The van der Waals surface area contributed by atoms with Crippen LogP contribution in [0, 0.1) is 0 Å². The lowest BCUT2D eigenvalue weighted by Crippen LogP contribution is -2.22. The predicted molar refractivity (Wildman–Crippen MR) is 116 cm³/mol. The molecule has 1 heterocycles. The van der Waals surface area contributed by atoms with E-state index in [1.54, 1.807) is 0 Å². The van der Waals surface area contributed by atoms with Gasteiger partial charge in [-0.25, -0.2) is 0 Å². The number of nitrogens with one attached hydrogen (secondary N) is 1. The maximum atomic E-state index is 10.9. The highest BCUT2D eigenvalue weighted by Crippen LogP contribution is 2.29. The maximum absolute atomic E-state index is 10.9. The van der Waals surface area contributed by atoms with Gasteiger partial charge in [0.2, 0.25) is 0 Å². The minimum atomic E-state index is -0.780. The normalized spacial score (nSPS) is 18.5. The Morgan fingerprint density at radius 1 is 1.23 bits per heavy atom. The van der Waals surface area contributed by atoms with Gasteiger partial charge in [-0.2, -0.15) is 0 Å². The number of carbonyl (C=O) groups is 1. The third-order valence-corrected chi connectivity index (χ3v) is 5.48. The average Bonchev–Trinajstić information content (AvgIpc) is 3.15. The van der Waals surface area contributed by atoms with Gasteiger partial charge in [-0.05, 0) is 55.2 Å². The summed E-state index contributed by atoms with van der Waals surface area (Å²) in [6, 6.07) is 16.3. The number of hydrogen-bond donors (Lipinski definition) is 2. The Kier molecular flexibility index (Phi) is 6.07. The molecule has 0 saturated heterocycles. The van der Waals surface area contributed by atoms with Gasteiger partial charge >= 0.3 is 5.97 Å². The molecule has 2 N–H and O–H groups in total. The van der Waals surface area contributed by atoms with Crippen LogP contribution in [-0.2, 0) is 11.2 Å². The van der Waals surface area contributed by atoms with Crippen molar-refractivity contribution in [3.8, 4) is 11.5 Å². The van der Waals surface area contributed by atoms with E-state index in [9.17, 15) is 4.79 Å². The van der Waals surface area contributed by atoms with E-state index in [1.807, 2.05) is 36.4 Å². The highest BCUT2D eigenvalue weighted by Gasteiger charge is 2.22. The number of allylic oxidation sites excluding steroid dienone is 2. The van der Waals surface area contributed by atoms with Crippen molar-refractivity contribution in [1.82, 2.24) is 5.32 Å². The van der Waals surface area contributed by atoms with Crippen molar-refractivity contribution in [2.24, 2.45) is 0 Å². The maximum Gasteiger partial charge on any atom is 0.307 e. The van der Waals surface area contributed by atoms with E-state index < -0.39 is 5.97 Å². The van der Waals surface area contributed by atoms with Gasteiger partial charge in [-0.15, -0.1) is 0 Å². The van der Waals surface area contributed by atoms with Gasteiger partial charge in [-0.1, -0.05) is 42.0 Å². The van der Waals surface area contributed by atoms with E-state index in [1.165, 1.54) is 5.56 Å². The van der Waals surface area contributed by atoms with E-state index in [-0.39, 0.29) is 18.6 Å². The zero-order valence-electron chi connectivity index (χ0n) is 17.1. The number of para-hydroxylation sites is 1. The Balaban J connectivity index is 1.29. The summed E-state index contributed by atoms with van der Waals surface area (Å²) >= 11 is 0. The Morgan fingerprint density at radius 3 is 2.80 bits per heavy atom. The topological polar surface area (TPSA) is 67.8 Å². The van der Waals surface area contributed by atoms with Crippen LogP contribution in [0.2, 0.25) is 0 Å². The number of fused-ring (bicyclic) bond motifs is 1. The summed E-state index contributed by atoms with van der Waals surface area (Å²) in [5, 5.41) is 12.5. The second kappa shape index (κ2) is 9.08. The summed E-state index contributed by atoms with van der Waals surface area (Å²) in [5.74, 6) is 1.00. The number of carboxylic acid groups (broad SMARTS) is 1. The van der Waals surface area contributed by atoms with Crippen LogP contribution in [0.15, 0.2) is 72.0 Å². The van der Waals surface area contributed by atoms with Crippen LogP contribution in [0.3, 0.4) is 0 Å². The SMILES string of the molecule is CC(NC1=CCCC(CC(=O)O)=C1)c1ccc(OC[C@@H]2Cc3ccccc3O2)cc1. The summed E-state index contributed by atoms with van der Waals surface area (Å²) in [7, 11) is 0. The predicted octanol–water partition coefficient (Wildman–Crippen LogP) is 4.80. The lowest BCUT2D eigenvalue weighted by molar-refractivity contribution is -0.136. The number of ether oxygens (including phenoxy) is 2. The Bertz CT molecular complexity index is 936. The number of carboxylic acids is 1. The van der Waals surface area contributed by atoms with E-state index in [0.29, 0.717) is 6.61 Å². The first-order valence-electron chi connectivity index (χ1n) is 10.4. The molecule has 5 nitrogen and oxygen atoms in total. The third-order valence-electron chi connectivity index (χ3n) is 5.48. The molecule has 0 amide bonds. The second-order valence-electron chi connectivity index (χ2n) is 7.87. The van der Waals surface area contributed by atoms with Crippen LogP contribution in [-0.4, -0.2) is 23.8 Å². The van der Waals surface area contributed by atoms with Crippen LogP contribution < -0.4 is 14.8 Å². The fourth-order valence-electron chi connectivity index (χ4n) is 3.92. The molecule has 2 aromatic rings. The van der Waals surface area contributed by atoms with Crippen molar-refractivity contribution in [2.45, 2.75) is 44.8 Å². The van der Waals surface area contributed by atoms with Crippen LogP contribution in [0.1, 0.15) is 43.4 Å². The molecule has 1 aliphatic carbocycles. The first-order valence-corrected chi connectivity index (χ1v) is 10.4. The highest BCUT2D eigenvalue weighted by atomic mass is 16.5. The van der Waals surface area contributed by atoms with Crippen molar-refractivity contribution in [2.75, 3.05) is 6.61 Å². The molecule has 4 rings (SSSR count). The van der Waals surface area contributed by atoms with Crippen molar-refractivity contribution >= 4 is 5.97 Å². The second-order valence-corrected chi connectivity index (χ2v) is 7.87. The molecule has 5 heteroatoms. The van der Waals surface area contributed by atoms with Crippen molar-refractivity contribution in [3.63, 3.8) is 0 Å². The molecule has 2 aliphatic rings. The first kappa shape index (κ1) is 20.1. The lowest BCUT2D eigenvalue weighted by Gasteiger charge is -2.20. The fraction of sp³-hybridized carbons (Fsp3) is 0.320. The van der Waals surface area contributed by atoms with Gasteiger partial charge in [0, 0.05) is 18.2 Å². The van der Waals surface area contributed by atoms with Crippen molar-refractivity contribution in [3.05, 3.63) is 83.1 Å². The fourth-order valence-corrected chi connectivity index (χ4v) is 3.92. The molecule has 0 saturated carbocycles. The van der Waals surface area contributed by atoms with Gasteiger partial charge in [0.15, 0.2) is 0 Å². The molecule has 1 aliphatic heterocycles. The molecule has 0 bridgehead atoms. The number of hydrogen-bond acceptors (Lipinski definition) is 4. The van der Waals surface area contributed by atoms with E-state index >= 15 is 0 Å². The summed E-state index contributed by atoms with van der Waals surface area (Å²) in [6.07, 6.45) is 6.80. The molecule has 156 valence electrons. The van der Waals surface area contributed by atoms with E-state index in [2.05, 4.69) is 36.5 Å². The molecule has 1 unspecified atom stereocenters. The first-order chi connectivity index (χ1) is 14.6. The zero-order valence-corrected chi connectivity index (χ0v) is 17.1. The zero-order chi connectivity index (χ0) is 20.9. The standard InChI is InChI=1S/C25H27NO4/c1-17(26-21-7-4-5-18(13-21)14-25(27)28)19-9-11-22(12-10-19)29-16-23-15-20-6-2-3-8-24(20)30-23/h2-3,6-13,17,23,26H,4-5,14-16H2,1H3,(H,27,28)/t17?,23-/m0/s1. The Labute approximate surface area is 177 Å². The number of benzene rings is 2. The third kappa shape index (κ3) is 5.03. The molecular weight excluding hydrogens is 378 g/mol. The minimum Gasteiger partial charge on any atom is -0.490 e. The minimum absolute atomic E-state index is 0.0488. The Hall–Kier alpha value is -3.21. The summed E-state index contributed by atoms with van der Waals surface area (Å²) < 4.78 is 11.9. The van der Waals surface area contributed by atoms with Gasteiger partial charge in [-0.3, -0.25) is 4.79 Å². The molecule has 30 heavy (non-hydrogen) atoms. The lowest BCUT2D eigenvalue weighted by atomic mass is 9.99. The van der Waals surface area contributed by atoms with Gasteiger partial charge in [0.05, 0.1) is 6.42 Å². The Morgan fingerprint density at radius 2 is 2.03 bits per heavy atom. The molecule has 0 aromatic heterocycles. The van der Waals surface area contributed by atoms with Crippen molar-refractivity contribution in [1.29, 1.82) is 0 Å². The van der Waals surface area contributed by atoms with E-state index in [0.717, 1.165) is 47.6 Å². The highest BCUT2D eigenvalue weighted by molar-refractivity contribution is 5.70. The smallest absolute Gasteiger partial charge is 0.307 e. The largest absolute Gasteiger partial charge is 0.490 e. The van der Waals surface area contributed by atoms with Gasteiger partial charge in [0.25, 0.3) is 0 Å². The van der Waals surface area contributed by atoms with Crippen LogP contribution in [0.4, 0.5) is 0 Å². The molecule has 0 fully saturated rings. The molecular formula is C25H27NO4. The molecule has 2 aromatic carbocycles. The van der Waals surface area contributed by atoms with Crippen LogP contribution in [0.25, 0.3) is 0 Å². The monoisotopic (exact) mass is 405 g/mol.